The number of halogens is 2. The number of oxazole rings is 1. The fraction of sp³-hybridized carbons (Fsp3) is 0.130. The molecule has 0 fully saturated rings. The first-order valence-corrected chi connectivity index (χ1v) is 9.97. The number of nitrogens with zero attached hydrogens (tertiary/aromatic N) is 1. The first kappa shape index (κ1) is 19.5. The first-order chi connectivity index (χ1) is 13.9. The lowest BCUT2D eigenvalue weighted by molar-refractivity contribution is 0.102. The third-order valence-electron chi connectivity index (χ3n) is 4.69. The van der Waals surface area contributed by atoms with Crippen molar-refractivity contribution in [2.24, 2.45) is 0 Å². The molecule has 0 saturated carbocycles. The Labute approximate surface area is 178 Å². The summed E-state index contributed by atoms with van der Waals surface area (Å²) in [6, 6.07) is 16.5. The summed E-state index contributed by atoms with van der Waals surface area (Å²) < 4.78 is 5.88. The topological polar surface area (TPSA) is 55.1 Å². The summed E-state index contributed by atoms with van der Waals surface area (Å²) in [5, 5.41) is 3.63. The van der Waals surface area contributed by atoms with Gasteiger partial charge in [0, 0.05) is 5.56 Å². The standard InChI is InChI=1S/C23H18Cl2N2O2/c1-3-14-5-9-21-20(11-14)27-23(29-21)15-6-8-17(24)19(12-15)26-22(28)16-7-4-13(2)10-18(16)25/h4-12H,3H2,1-2H3,(H,26,28). The van der Waals surface area contributed by atoms with Crippen molar-refractivity contribution in [3.05, 3.63) is 81.3 Å². The van der Waals surface area contributed by atoms with E-state index in [-0.39, 0.29) is 5.91 Å². The van der Waals surface area contributed by atoms with Gasteiger partial charge in [-0.1, -0.05) is 42.3 Å². The molecule has 1 aromatic heterocycles. The van der Waals surface area contributed by atoms with Gasteiger partial charge in [-0.25, -0.2) is 4.98 Å². The third-order valence-corrected chi connectivity index (χ3v) is 5.33. The van der Waals surface area contributed by atoms with Gasteiger partial charge in [0.25, 0.3) is 5.91 Å². The van der Waals surface area contributed by atoms with E-state index in [1.807, 2.05) is 37.3 Å². The van der Waals surface area contributed by atoms with Crippen LogP contribution >= 0.6 is 23.2 Å². The summed E-state index contributed by atoms with van der Waals surface area (Å²) in [6.07, 6.45) is 0.927. The lowest BCUT2D eigenvalue weighted by atomic mass is 10.1. The highest BCUT2D eigenvalue weighted by Crippen LogP contribution is 2.31. The molecule has 0 aliphatic rings. The van der Waals surface area contributed by atoms with Gasteiger partial charge in [-0.15, -0.1) is 0 Å². The van der Waals surface area contributed by atoms with E-state index in [0.717, 1.165) is 17.5 Å². The summed E-state index contributed by atoms with van der Waals surface area (Å²) in [4.78, 5) is 17.2. The molecular formula is C23H18Cl2N2O2. The van der Waals surface area contributed by atoms with Gasteiger partial charge in [0.2, 0.25) is 5.89 Å². The molecule has 6 heteroatoms. The van der Waals surface area contributed by atoms with Crippen molar-refractivity contribution < 1.29 is 9.21 Å². The van der Waals surface area contributed by atoms with Gasteiger partial charge in [0.15, 0.2) is 5.58 Å². The Morgan fingerprint density at radius 3 is 2.62 bits per heavy atom. The van der Waals surface area contributed by atoms with Crippen LogP contribution in [-0.4, -0.2) is 10.9 Å². The summed E-state index contributed by atoms with van der Waals surface area (Å²) >= 11 is 12.5. The Hall–Kier alpha value is -2.82. The molecule has 0 saturated heterocycles. The maximum Gasteiger partial charge on any atom is 0.257 e. The molecule has 0 radical (unpaired) electrons. The summed E-state index contributed by atoms with van der Waals surface area (Å²) in [5.41, 5.74) is 5.24. The Morgan fingerprint density at radius 2 is 1.86 bits per heavy atom. The smallest absolute Gasteiger partial charge is 0.257 e. The fourth-order valence-corrected chi connectivity index (χ4v) is 3.55. The molecule has 29 heavy (non-hydrogen) atoms. The van der Waals surface area contributed by atoms with Gasteiger partial charge < -0.3 is 9.73 Å². The summed E-state index contributed by atoms with van der Waals surface area (Å²) in [7, 11) is 0. The van der Waals surface area contributed by atoms with Gasteiger partial charge in [-0.3, -0.25) is 4.79 Å². The van der Waals surface area contributed by atoms with Gasteiger partial charge in [0.1, 0.15) is 5.52 Å². The van der Waals surface area contributed by atoms with Crippen LogP contribution in [0, 0.1) is 6.92 Å². The molecule has 1 amide bonds. The molecule has 0 unspecified atom stereocenters. The Bertz CT molecular complexity index is 1230. The Morgan fingerprint density at radius 1 is 1.03 bits per heavy atom. The third kappa shape index (κ3) is 4.00. The van der Waals surface area contributed by atoms with Crippen molar-refractivity contribution in [2.75, 3.05) is 5.32 Å². The molecule has 0 bridgehead atoms. The van der Waals surface area contributed by atoms with E-state index < -0.39 is 0 Å². The van der Waals surface area contributed by atoms with Crippen molar-refractivity contribution in [1.82, 2.24) is 4.98 Å². The molecule has 4 nitrogen and oxygen atoms in total. The molecule has 0 aliphatic heterocycles. The zero-order chi connectivity index (χ0) is 20.5. The minimum atomic E-state index is -0.334. The number of carbonyl (C=O) groups is 1. The lowest BCUT2D eigenvalue weighted by Crippen LogP contribution is -2.13. The molecule has 4 rings (SSSR count). The lowest BCUT2D eigenvalue weighted by Gasteiger charge is -2.10. The number of carbonyl (C=O) groups excluding carboxylic acids is 1. The van der Waals surface area contributed by atoms with Gasteiger partial charge in [-0.2, -0.15) is 0 Å². The predicted molar refractivity (Wildman–Crippen MR) is 118 cm³/mol. The average Bonchev–Trinajstić information content (AvgIpc) is 3.12. The van der Waals surface area contributed by atoms with Crippen LogP contribution in [-0.2, 0) is 6.42 Å². The van der Waals surface area contributed by atoms with Gasteiger partial charge in [-0.05, 0) is 66.9 Å². The first-order valence-electron chi connectivity index (χ1n) is 9.21. The quantitative estimate of drug-likeness (QED) is 0.386. The van der Waals surface area contributed by atoms with Gasteiger partial charge >= 0.3 is 0 Å². The number of rotatable bonds is 4. The highest BCUT2D eigenvalue weighted by molar-refractivity contribution is 6.36. The van der Waals surface area contributed by atoms with Gasteiger partial charge in [0.05, 0.1) is 21.3 Å². The SMILES string of the molecule is CCc1ccc2oc(-c3ccc(Cl)c(NC(=O)c4ccc(C)cc4Cl)c3)nc2c1. The molecule has 0 aliphatic carbocycles. The maximum atomic E-state index is 12.7. The van der Waals surface area contributed by atoms with Crippen molar-refractivity contribution in [2.45, 2.75) is 20.3 Å². The van der Waals surface area contributed by atoms with E-state index in [1.54, 1.807) is 24.3 Å². The van der Waals surface area contributed by atoms with E-state index in [2.05, 4.69) is 17.2 Å². The van der Waals surface area contributed by atoms with E-state index in [4.69, 9.17) is 27.6 Å². The van der Waals surface area contributed by atoms with Crippen molar-refractivity contribution in [1.29, 1.82) is 0 Å². The van der Waals surface area contributed by atoms with Crippen LogP contribution in [0.4, 0.5) is 5.69 Å². The second kappa shape index (κ2) is 7.90. The molecule has 1 N–H and O–H groups in total. The molecule has 146 valence electrons. The van der Waals surface area contributed by atoms with E-state index >= 15 is 0 Å². The molecule has 4 aromatic rings. The van der Waals surface area contributed by atoms with Crippen molar-refractivity contribution in [3.8, 4) is 11.5 Å². The van der Waals surface area contributed by atoms with Crippen molar-refractivity contribution in [3.63, 3.8) is 0 Å². The van der Waals surface area contributed by atoms with E-state index in [0.29, 0.717) is 38.3 Å². The summed E-state index contributed by atoms with van der Waals surface area (Å²) in [5.74, 6) is 0.132. The van der Waals surface area contributed by atoms with Crippen LogP contribution in [0.25, 0.3) is 22.6 Å². The normalized spacial score (nSPS) is 11.0. The molecule has 1 heterocycles. The molecule has 0 spiro atoms. The second-order valence-corrected chi connectivity index (χ2v) is 7.62. The number of hydrogen-bond donors (Lipinski definition) is 1. The van der Waals surface area contributed by atoms with Crippen LogP contribution in [0.3, 0.4) is 0 Å². The predicted octanol–water partition coefficient (Wildman–Crippen LogP) is 6.92. The van der Waals surface area contributed by atoms with E-state index in [1.165, 1.54) is 5.56 Å². The number of fused-ring (bicyclic) bond motifs is 1. The highest BCUT2D eigenvalue weighted by Gasteiger charge is 2.15. The fourth-order valence-electron chi connectivity index (χ4n) is 3.06. The Kier molecular flexibility index (Phi) is 5.31. The largest absolute Gasteiger partial charge is 0.436 e. The molecule has 3 aromatic carbocycles. The average molecular weight is 425 g/mol. The van der Waals surface area contributed by atoms with Crippen LogP contribution in [0.15, 0.2) is 59.0 Å². The van der Waals surface area contributed by atoms with Crippen LogP contribution in [0.5, 0.6) is 0 Å². The maximum absolute atomic E-state index is 12.7. The monoisotopic (exact) mass is 424 g/mol. The van der Waals surface area contributed by atoms with Crippen LogP contribution in [0.2, 0.25) is 10.0 Å². The molecule has 0 atom stereocenters. The van der Waals surface area contributed by atoms with Crippen LogP contribution in [0.1, 0.15) is 28.4 Å². The number of amides is 1. The van der Waals surface area contributed by atoms with Crippen molar-refractivity contribution >= 4 is 45.9 Å². The number of anilines is 1. The second-order valence-electron chi connectivity index (χ2n) is 6.81. The van der Waals surface area contributed by atoms with E-state index in [9.17, 15) is 4.79 Å². The summed E-state index contributed by atoms with van der Waals surface area (Å²) in [6.45, 7) is 4.01. The zero-order valence-corrected chi connectivity index (χ0v) is 17.4. The molecular weight excluding hydrogens is 407 g/mol. The van der Waals surface area contributed by atoms with Crippen LogP contribution < -0.4 is 5.32 Å². The zero-order valence-electron chi connectivity index (χ0n) is 15.9. The number of nitrogens with one attached hydrogen (secondary N) is 1. The minimum absolute atomic E-state index is 0.334. The minimum Gasteiger partial charge on any atom is -0.436 e. The number of aryl methyl sites for hydroxylation is 2. The Balaban J connectivity index is 1.66. The highest BCUT2D eigenvalue weighted by atomic mass is 35.5. The number of hydrogen-bond acceptors (Lipinski definition) is 3. The number of benzene rings is 3. The number of aromatic nitrogens is 1.